The van der Waals surface area contributed by atoms with Crippen molar-refractivity contribution in [2.45, 2.75) is 0 Å². The number of nitrogen functional groups attached to an aromatic ring is 1. The molecule has 2 aromatic rings. The highest BCUT2D eigenvalue weighted by Crippen LogP contribution is 2.24. The van der Waals surface area contributed by atoms with Crippen LogP contribution in [0.15, 0.2) is 46.9 Å². The number of rotatable bonds is 3. The maximum Gasteiger partial charge on any atom is 0.255 e. The molecule has 0 aliphatic rings. The van der Waals surface area contributed by atoms with Crippen LogP contribution in [0.25, 0.3) is 0 Å². The number of ether oxygens (including phenoxy) is 1. The molecule has 0 saturated carbocycles. The summed E-state index contributed by atoms with van der Waals surface area (Å²) < 4.78 is 5.97. The first-order valence-corrected chi connectivity index (χ1v) is 6.39. The molecule has 5 heteroatoms. The minimum atomic E-state index is -0.194. The van der Waals surface area contributed by atoms with Crippen LogP contribution in [0.3, 0.4) is 0 Å². The molecule has 0 unspecified atom stereocenters. The zero-order valence-corrected chi connectivity index (χ0v) is 11.9. The van der Waals surface area contributed by atoms with Gasteiger partial charge >= 0.3 is 0 Å². The minimum absolute atomic E-state index is 0.194. The average Bonchev–Trinajstić information content (AvgIpc) is 2.38. The van der Waals surface area contributed by atoms with Gasteiger partial charge in [-0.25, -0.2) is 0 Å². The third-order valence-corrected chi connectivity index (χ3v) is 3.00. The van der Waals surface area contributed by atoms with Crippen molar-refractivity contribution < 1.29 is 9.53 Å². The summed E-state index contributed by atoms with van der Waals surface area (Å²) in [5.41, 5.74) is 7.42. The summed E-state index contributed by atoms with van der Waals surface area (Å²) >= 11 is 3.36. The number of nitrogens with two attached hydrogens (primary N) is 1. The van der Waals surface area contributed by atoms with Gasteiger partial charge < -0.3 is 15.8 Å². The largest absolute Gasteiger partial charge is 0.497 e. The van der Waals surface area contributed by atoms with Crippen LogP contribution in [0.5, 0.6) is 5.75 Å². The quantitative estimate of drug-likeness (QED) is 0.853. The number of methoxy groups -OCH3 is 1. The van der Waals surface area contributed by atoms with Crippen molar-refractivity contribution in [3.63, 3.8) is 0 Å². The first-order chi connectivity index (χ1) is 9.08. The maximum absolute atomic E-state index is 12.0. The predicted octanol–water partition coefficient (Wildman–Crippen LogP) is 3.29. The lowest BCUT2D eigenvalue weighted by Crippen LogP contribution is -2.11. The fourth-order valence-corrected chi connectivity index (χ4v) is 2.06. The lowest BCUT2D eigenvalue weighted by molar-refractivity contribution is 0.102. The van der Waals surface area contributed by atoms with Gasteiger partial charge in [0, 0.05) is 27.5 Å². The van der Waals surface area contributed by atoms with Crippen molar-refractivity contribution in [3.05, 3.63) is 52.5 Å². The lowest BCUT2D eigenvalue weighted by Gasteiger charge is -2.08. The van der Waals surface area contributed by atoms with Crippen LogP contribution in [0, 0.1) is 0 Å². The summed E-state index contributed by atoms with van der Waals surface area (Å²) in [5.74, 6) is 0.474. The van der Waals surface area contributed by atoms with E-state index in [0.29, 0.717) is 22.7 Å². The number of hydrogen-bond acceptors (Lipinski definition) is 3. The van der Waals surface area contributed by atoms with E-state index in [4.69, 9.17) is 10.5 Å². The van der Waals surface area contributed by atoms with Gasteiger partial charge in [0.15, 0.2) is 0 Å². The number of carbonyl (C=O) groups excluding carboxylic acids is 1. The number of nitrogens with one attached hydrogen (secondary N) is 1. The van der Waals surface area contributed by atoms with Crippen molar-refractivity contribution in [1.29, 1.82) is 0 Å². The van der Waals surface area contributed by atoms with Crippen LogP contribution in [0.4, 0.5) is 11.4 Å². The fraction of sp³-hybridized carbons (Fsp3) is 0.0714. The molecule has 0 heterocycles. The molecule has 0 aromatic heterocycles. The third kappa shape index (κ3) is 3.48. The van der Waals surface area contributed by atoms with Crippen molar-refractivity contribution in [2.24, 2.45) is 0 Å². The van der Waals surface area contributed by atoms with Gasteiger partial charge in [-0.05, 0) is 36.4 Å². The van der Waals surface area contributed by atoms with Crippen LogP contribution < -0.4 is 15.8 Å². The van der Waals surface area contributed by atoms with E-state index in [1.54, 1.807) is 43.5 Å². The minimum Gasteiger partial charge on any atom is -0.497 e. The van der Waals surface area contributed by atoms with Gasteiger partial charge in [-0.3, -0.25) is 4.79 Å². The van der Waals surface area contributed by atoms with Gasteiger partial charge in [-0.15, -0.1) is 0 Å². The highest BCUT2D eigenvalue weighted by molar-refractivity contribution is 9.10. The van der Waals surface area contributed by atoms with Crippen molar-refractivity contribution >= 4 is 33.2 Å². The molecule has 0 spiro atoms. The Labute approximate surface area is 119 Å². The fourth-order valence-electron chi connectivity index (χ4n) is 1.59. The molecular formula is C14H13BrN2O2. The van der Waals surface area contributed by atoms with E-state index in [9.17, 15) is 4.79 Å². The molecule has 0 saturated heterocycles. The smallest absolute Gasteiger partial charge is 0.255 e. The Hall–Kier alpha value is -2.01. The predicted molar refractivity (Wildman–Crippen MR) is 79.5 cm³/mol. The second-order valence-electron chi connectivity index (χ2n) is 3.96. The van der Waals surface area contributed by atoms with E-state index < -0.39 is 0 Å². The molecule has 2 rings (SSSR count). The van der Waals surface area contributed by atoms with Gasteiger partial charge in [0.25, 0.3) is 5.91 Å². The summed E-state index contributed by atoms with van der Waals surface area (Å²) in [5, 5.41) is 2.80. The zero-order valence-electron chi connectivity index (χ0n) is 10.3. The van der Waals surface area contributed by atoms with Crippen LogP contribution in [-0.4, -0.2) is 13.0 Å². The second kappa shape index (κ2) is 5.75. The van der Waals surface area contributed by atoms with Crippen LogP contribution in [0.2, 0.25) is 0 Å². The van der Waals surface area contributed by atoms with Crippen LogP contribution in [0.1, 0.15) is 10.4 Å². The molecule has 0 radical (unpaired) electrons. The molecule has 4 nitrogen and oxygen atoms in total. The number of amides is 1. The molecule has 0 aliphatic heterocycles. The Bertz CT molecular complexity index is 597. The second-order valence-corrected chi connectivity index (χ2v) is 4.87. The van der Waals surface area contributed by atoms with Gasteiger partial charge in [0.05, 0.1) is 7.11 Å². The molecular weight excluding hydrogens is 308 g/mol. The summed E-state index contributed by atoms with van der Waals surface area (Å²) in [7, 11) is 1.58. The number of anilines is 2. The Morgan fingerprint density at radius 3 is 2.53 bits per heavy atom. The van der Waals surface area contributed by atoms with Crippen LogP contribution in [-0.2, 0) is 0 Å². The standard InChI is InChI=1S/C14H13BrN2O2/c1-19-13-7-10(15)6-12(8-13)17-14(18)9-2-4-11(16)5-3-9/h2-8H,16H2,1H3,(H,17,18). The average molecular weight is 321 g/mol. The highest BCUT2D eigenvalue weighted by atomic mass is 79.9. The van der Waals surface area contributed by atoms with Gasteiger partial charge in [-0.2, -0.15) is 0 Å². The van der Waals surface area contributed by atoms with E-state index in [1.807, 2.05) is 6.07 Å². The lowest BCUT2D eigenvalue weighted by atomic mass is 10.2. The first-order valence-electron chi connectivity index (χ1n) is 5.60. The highest BCUT2D eigenvalue weighted by Gasteiger charge is 2.07. The normalized spacial score (nSPS) is 10.0. The number of hydrogen-bond donors (Lipinski definition) is 2. The zero-order chi connectivity index (χ0) is 13.8. The summed E-state index contributed by atoms with van der Waals surface area (Å²) in [6, 6.07) is 12.1. The van der Waals surface area contributed by atoms with Crippen molar-refractivity contribution in [2.75, 3.05) is 18.2 Å². The Morgan fingerprint density at radius 2 is 1.89 bits per heavy atom. The van der Waals surface area contributed by atoms with E-state index in [0.717, 1.165) is 4.47 Å². The van der Waals surface area contributed by atoms with Crippen molar-refractivity contribution in [3.8, 4) is 5.75 Å². The molecule has 3 N–H and O–H groups in total. The van der Waals surface area contributed by atoms with Crippen molar-refractivity contribution in [1.82, 2.24) is 0 Å². The van der Waals surface area contributed by atoms with Gasteiger partial charge in [0.1, 0.15) is 5.75 Å². The number of benzene rings is 2. The third-order valence-electron chi connectivity index (χ3n) is 2.54. The molecule has 19 heavy (non-hydrogen) atoms. The SMILES string of the molecule is COc1cc(Br)cc(NC(=O)c2ccc(N)cc2)c1. The van der Waals surface area contributed by atoms with E-state index in [-0.39, 0.29) is 5.91 Å². The number of carbonyl (C=O) groups is 1. The molecule has 0 fully saturated rings. The summed E-state index contributed by atoms with van der Waals surface area (Å²) in [6.45, 7) is 0. The maximum atomic E-state index is 12.0. The number of halogens is 1. The summed E-state index contributed by atoms with van der Waals surface area (Å²) in [4.78, 5) is 12.0. The Balaban J connectivity index is 2.18. The Morgan fingerprint density at radius 1 is 1.21 bits per heavy atom. The van der Waals surface area contributed by atoms with Crippen LogP contribution >= 0.6 is 15.9 Å². The molecule has 0 atom stereocenters. The molecule has 0 aliphatic carbocycles. The molecule has 0 bridgehead atoms. The molecule has 1 amide bonds. The topological polar surface area (TPSA) is 64.3 Å². The first kappa shape index (κ1) is 13.4. The van der Waals surface area contributed by atoms with E-state index in [2.05, 4.69) is 21.2 Å². The Kier molecular flexibility index (Phi) is 4.06. The van der Waals surface area contributed by atoms with Gasteiger partial charge in [-0.1, -0.05) is 15.9 Å². The summed E-state index contributed by atoms with van der Waals surface area (Å²) in [6.07, 6.45) is 0. The molecule has 98 valence electrons. The van der Waals surface area contributed by atoms with E-state index in [1.165, 1.54) is 0 Å². The monoisotopic (exact) mass is 320 g/mol. The van der Waals surface area contributed by atoms with Gasteiger partial charge in [0.2, 0.25) is 0 Å². The van der Waals surface area contributed by atoms with E-state index >= 15 is 0 Å². The molecule has 2 aromatic carbocycles.